The van der Waals surface area contributed by atoms with Crippen LogP contribution < -0.4 is 0 Å². The number of hydrogen-bond acceptors (Lipinski definition) is 0. The standard InChI is InChI=1S/C21H44/c1-7-11-19(4)14-9-15-21(6)17-10-16-20(5)13-8-12-18(2)3/h18-21H,7-17H2,1-6H3/t19?,20-,21+/m1/s1. The second-order valence-electron chi connectivity index (χ2n) is 8.29. The first-order valence-electron chi connectivity index (χ1n) is 9.95. The molecule has 0 heterocycles. The minimum Gasteiger partial charge on any atom is -0.0654 e. The molecule has 0 aliphatic carbocycles. The molecule has 0 saturated heterocycles. The maximum Gasteiger partial charge on any atom is -0.0443 e. The maximum absolute atomic E-state index is 2.47. The van der Waals surface area contributed by atoms with E-state index in [4.69, 9.17) is 0 Å². The predicted octanol–water partition coefficient (Wildman–Crippen LogP) is 7.86. The minimum absolute atomic E-state index is 0.882. The lowest BCUT2D eigenvalue weighted by atomic mass is 9.90. The third kappa shape index (κ3) is 14.7. The van der Waals surface area contributed by atoms with Crippen LogP contribution in [-0.2, 0) is 0 Å². The third-order valence-electron chi connectivity index (χ3n) is 5.05. The van der Waals surface area contributed by atoms with Gasteiger partial charge in [0.1, 0.15) is 0 Å². The highest BCUT2D eigenvalue weighted by Crippen LogP contribution is 2.22. The lowest BCUT2D eigenvalue weighted by Crippen LogP contribution is -2.01. The lowest BCUT2D eigenvalue weighted by Gasteiger charge is -2.16. The normalized spacial score (nSPS) is 16.1. The van der Waals surface area contributed by atoms with Crippen LogP contribution in [0.3, 0.4) is 0 Å². The van der Waals surface area contributed by atoms with Crippen LogP contribution in [0.15, 0.2) is 0 Å². The molecule has 0 N–H and O–H groups in total. The molecule has 0 aromatic rings. The highest BCUT2D eigenvalue weighted by molar-refractivity contribution is 4.60. The Labute approximate surface area is 136 Å². The average molecular weight is 297 g/mol. The summed E-state index contributed by atoms with van der Waals surface area (Å²) in [5, 5.41) is 0. The van der Waals surface area contributed by atoms with Crippen molar-refractivity contribution in [3.8, 4) is 0 Å². The molecule has 0 aromatic heterocycles. The molecule has 0 nitrogen and oxygen atoms in total. The minimum atomic E-state index is 0.882. The van der Waals surface area contributed by atoms with E-state index in [0.29, 0.717) is 0 Å². The summed E-state index contributed by atoms with van der Waals surface area (Å²) >= 11 is 0. The van der Waals surface area contributed by atoms with Crippen molar-refractivity contribution in [1.29, 1.82) is 0 Å². The lowest BCUT2D eigenvalue weighted by molar-refractivity contribution is 0.374. The zero-order chi connectivity index (χ0) is 16.1. The largest absolute Gasteiger partial charge is 0.0654 e. The summed E-state index contributed by atoms with van der Waals surface area (Å²) in [6.07, 6.45) is 15.8. The molecule has 128 valence electrons. The van der Waals surface area contributed by atoms with Gasteiger partial charge in [-0.25, -0.2) is 0 Å². The van der Waals surface area contributed by atoms with E-state index in [2.05, 4.69) is 41.5 Å². The van der Waals surface area contributed by atoms with E-state index in [0.717, 1.165) is 23.7 Å². The fourth-order valence-corrected chi connectivity index (χ4v) is 3.43. The molecule has 1 unspecified atom stereocenters. The first kappa shape index (κ1) is 21.0. The summed E-state index contributed by atoms with van der Waals surface area (Å²) in [6.45, 7) is 14.3. The molecule has 21 heavy (non-hydrogen) atoms. The van der Waals surface area contributed by atoms with Crippen molar-refractivity contribution in [3.05, 3.63) is 0 Å². The Hall–Kier alpha value is 0. The topological polar surface area (TPSA) is 0 Å². The van der Waals surface area contributed by atoms with Crippen LogP contribution in [0, 0.1) is 23.7 Å². The molecule has 0 heteroatoms. The first-order valence-corrected chi connectivity index (χ1v) is 9.95. The molecule has 0 radical (unpaired) electrons. The molecule has 0 rings (SSSR count). The van der Waals surface area contributed by atoms with Crippen molar-refractivity contribution in [2.75, 3.05) is 0 Å². The van der Waals surface area contributed by atoms with Gasteiger partial charge in [-0.3, -0.25) is 0 Å². The van der Waals surface area contributed by atoms with Gasteiger partial charge in [0, 0.05) is 0 Å². The summed E-state index contributed by atoms with van der Waals surface area (Å²) in [7, 11) is 0. The molecule has 0 fully saturated rings. The Kier molecular flexibility index (Phi) is 13.6. The van der Waals surface area contributed by atoms with Crippen LogP contribution in [0.5, 0.6) is 0 Å². The zero-order valence-electron chi connectivity index (χ0n) is 16.1. The van der Waals surface area contributed by atoms with Crippen LogP contribution in [0.1, 0.15) is 112 Å². The molecule has 0 amide bonds. The highest BCUT2D eigenvalue weighted by Gasteiger charge is 2.07. The van der Waals surface area contributed by atoms with Gasteiger partial charge in [-0.05, 0) is 23.7 Å². The Balaban J connectivity index is 3.45. The summed E-state index contributed by atoms with van der Waals surface area (Å²) in [5.74, 6) is 3.72. The Morgan fingerprint density at radius 1 is 0.476 bits per heavy atom. The van der Waals surface area contributed by atoms with E-state index in [1.54, 1.807) is 0 Å². The molecule has 0 aliphatic heterocycles. The quantitative estimate of drug-likeness (QED) is 0.306. The second-order valence-corrected chi connectivity index (χ2v) is 8.29. The maximum atomic E-state index is 2.47. The summed E-state index contributed by atoms with van der Waals surface area (Å²) in [6, 6.07) is 0. The van der Waals surface area contributed by atoms with Crippen molar-refractivity contribution in [2.24, 2.45) is 23.7 Å². The van der Waals surface area contributed by atoms with E-state index in [1.165, 1.54) is 70.6 Å². The fraction of sp³-hybridized carbons (Fsp3) is 1.00. The first-order chi connectivity index (χ1) is 9.95. The number of rotatable bonds is 14. The van der Waals surface area contributed by atoms with Crippen LogP contribution in [0.4, 0.5) is 0 Å². The Morgan fingerprint density at radius 2 is 0.810 bits per heavy atom. The van der Waals surface area contributed by atoms with E-state index in [-0.39, 0.29) is 0 Å². The van der Waals surface area contributed by atoms with Gasteiger partial charge in [0.25, 0.3) is 0 Å². The molecule has 3 atom stereocenters. The van der Waals surface area contributed by atoms with Gasteiger partial charge in [0.2, 0.25) is 0 Å². The van der Waals surface area contributed by atoms with Crippen LogP contribution in [0.25, 0.3) is 0 Å². The van der Waals surface area contributed by atoms with Gasteiger partial charge in [0.15, 0.2) is 0 Å². The zero-order valence-corrected chi connectivity index (χ0v) is 16.1. The van der Waals surface area contributed by atoms with Gasteiger partial charge in [-0.1, -0.05) is 112 Å². The fourth-order valence-electron chi connectivity index (χ4n) is 3.43. The van der Waals surface area contributed by atoms with Gasteiger partial charge in [-0.15, -0.1) is 0 Å². The van der Waals surface area contributed by atoms with E-state index in [1.807, 2.05) is 0 Å². The summed E-state index contributed by atoms with van der Waals surface area (Å²) in [5.41, 5.74) is 0. The van der Waals surface area contributed by atoms with Crippen molar-refractivity contribution in [1.82, 2.24) is 0 Å². The molecule has 0 bridgehead atoms. The molecule has 0 spiro atoms. The molecular formula is C21H44. The smallest absolute Gasteiger partial charge is 0.0443 e. The molecule has 0 aliphatic rings. The van der Waals surface area contributed by atoms with Crippen molar-refractivity contribution < 1.29 is 0 Å². The third-order valence-corrected chi connectivity index (χ3v) is 5.05. The average Bonchev–Trinajstić information content (AvgIpc) is 2.38. The van der Waals surface area contributed by atoms with Crippen LogP contribution >= 0.6 is 0 Å². The summed E-state index contributed by atoms with van der Waals surface area (Å²) < 4.78 is 0. The van der Waals surface area contributed by atoms with Gasteiger partial charge >= 0.3 is 0 Å². The summed E-state index contributed by atoms with van der Waals surface area (Å²) in [4.78, 5) is 0. The predicted molar refractivity (Wildman–Crippen MR) is 98.8 cm³/mol. The highest BCUT2D eigenvalue weighted by atomic mass is 14.1. The Bertz CT molecular complexity index is 206. The SMILES string of the molecule is CCCC(C)CCC[C@H](C)CCC[C@H](C)CCCC(C)C. The molecular weight excluding hydrogens is 252 g/mol. The Morgan fingerprint density at radius 3 is 1.14 bits per heavy atom. The van der Waals surface area contributed by atoms with Gasteiger partial charge in [-0.2, -0.15) is 0 Å². The van der Waals surface area contributed by atoms with Crippen molar-refractivity contribution in [2.45, 2.75) is 112 Å². The second kappa shape index (κ2) is 13.6. The molecule has 0 aromatic carbocycles. The van der Waals surface area contributed by atoms with E-state index >= 15 is 0 Å². The van der Waals surface area contributed by atoms with Crippen LogP contribution in [-0.4, -0.2) is 0 Å². The monoisotopic (exact) mass is 296 g/mol. The van der Waals surface area contributed by atoms with Crippen molar-refractivity contribution in [3.63, 3.8) is 0 Å². The van der Waals surface area contributed by atoms with Crippen LogP contribution in [0.2, 0.25) is 0 Å². The van der Waals surface area contributed by atoms with Gasteiger partial charge in [0.05, 0.1) is 0 Å². The van der Waals surface area contributed by atoms with E-state index < -0.39 is 0 Å². The molecule has 0 saturated carbocycles. The number of hydrogen-bond donors (Lipinski definition) is 0. The van der Waals surface area contributed by atoms with Crippen molar-refractivity contribution >= 4 is 0 Å². The van der Waals surface area contributed by atoms with Gasteiger partial charge < -0.3 is 0 Å². The van der Waals surface area contributed by atoms with E-state index in [9.17, 15) is 0 Å².